The molecule has 0 unspecified atom stereocenters. The van der Waals surface area contributed by atoms with Gasteiger partial charge in [-0.1, -0.05) is 6.07 Å². The third-order valence-electron chi connectivity index (χ3n) is 4.52. The minimum atomic E-state index is -0.780. The first-order valence-electron chi connectivity index (χ1n) is 7.29. The van der Waals surface area contributed by atoms with Crippen molar-refractivity contribution in [3.8, 4) is 0 Å². The summed E-state index contributed by atoms with van der Waals surface area (Å²) in [5, 5.41) is 11.9. The van der Waals surface area contributed by atoms with E-state index in [0.717, 1.165) is 18.5 Å². The van der Waals surface area contributed by atoms with Crippen LogP contribution in [0.5, 0.6) is 0 Å². The Bertz CT molecular complexity index is 553. The molecule has 1 aromatic carbocycles. The standard InChI is InChI=1S/C16H19NO3/c18-15(12-4-5-13(8-12)16(19)20)17-14-7-6-10-2-1-3-11(10)9-14/h6-7,9,12-13H,1-5,8H2,(H,17,18)(H,19,20)/t12-,13+/m1/s1. The molecular formula is C16H19NO3. The van der Waals surface area contributed by atoms with E-state index in [4.69, 9.17) is 5.11 Å². The second-order valence-corrected chi connectivity index (χ2v) is 5.87. The molecule has 1 amide bonds. The molecule has 0 heterocycles. The number of rotatable bonds is 3. The van der Waals surface area contributed by atoms with Gasteiger partial charge in [-0.3, -0.25) is 9.59 Å². The summed E-state index contributed by atoms with van der Waals surface area (Å²) >= 11 is 0. The molecule has 3 rings (SSSR count). The fourth-order valence-electron chi connectivity index (χ4n) is 3.34. The lowest BCUT2D eigenvalue weighted by atomic mass is 10.0. The Kier molecular flexibility index (Phi) is 3.47. The Morgan fingerprint density at radius 3 is 2.60 bits per heavy atom. The second-order valence-electron chi connectivity index (χ2n) is 5.87. The molecule has 0 aromatic heterocycles. The van der Waals surface area contributed by atoms with Crippen molar-refractivity contribution >= 4 is 17.6 Å². The highest BCUT2D eigenvalue weighted by Gasteiger charge is 2.33. The smallest absolute Gasteiger partial charge is 0.306 e. The van der Waals surface area contributed by atoms with E-state index in [1.54, 1.807) is 0 Å². The summed E-state index contributed by atoms with van der Waals surface area (Å²) in [5.41, 5.74) is 3.56. The maximum Gasteiger partial charge on any atom is 0.306 e. The average Bonchev–Trinajstić information content (AvgIpc) is 3.07. The van der Waals surface area contributed by atoms with E-state index in [9.17, 15) is 9.59 Å². The van der Waals surface area contributed by atoms with E-state index in [2.05, 4.69) is 17.4 Å². The minimum Gasteiger partial charge on any atom is -0.481 e. The average molecular weight is 273 g/mol. The normalized spacial score (nSPS) is 24.4. The molecule has 2 aliphatic rings. The highest BCUT2D eigenvalue weighted by atomic mass is 16.4. The van der Waals surface area contributed by atoms with Gasteiger partial charge in [0.05, 0.1) is 5.92 Å². The van der Waals surface area contributed by atoms with Gasteiger partial charge in [-0.2, -0.15) is 0 Å². The Morgan fingerprint density at radius 1 is 1.10 bits per heavy atom. The van der Waals surface area contributed by atoms with Crippen LogP contribution in [0.25, 0.3) is 0 Å². The van der Waals surface area contributed by atoms with Crippen molar-refractivity contribution in [3.63, 3.8) is 0 Å². The number of nitrogens with one attached hydrogen (secondary N) is 1. The number of aryl methyl sites for hydroxylation is 2. The van der Waals surface area contributed by atoms with Crippen LogP contribution in [-0.2, 0) is 22.4 Å². The number of fused-ring (bicyclic) bond motifs is 1. The largest absolute Gasteiger partial charge is 0.481 e. The lowest BCUT2D eigenvalue weighted by Crippen LogP contribution is -2.21. The summed E-state index contributed by atoms with van der Waals surface area (Å²) in [7, 11) is 0. The molecule has 1 saturated carbocycles. The molecule has 106 valence electrons. The van der Waals surface area contributed by atoms with Gasteiger partial charge in [0.15, 0.2) is 0 Å². The maximum absolute atomic E-state index is 12.2. The van der Waals surface area contributed by atoms with Crippen molar-refractivity contribution in [2.75, 3.05) is 5.32 Å². The molecule has 0 bridgehead atoms. The summed E-state index contributed by atoms with van der Waals surface area (Å²) in [6.45, 7) is 0. The van der Waals surface area contributed by atoms with Crippen LogP contribution in [0, 0.1) is 11.8 Å². The van der Waals surface area contributed by atoms with Crippen LogP contribution in [-0.4, -0.2) is 17.0 Å². The number of carboxylic acid groups (broad SMARTS) is 1. The molecule has 2 aliphatic carbocycles. The Labute approximate surface area is 118 Å². The Balaban J connectivity index is 1.63. The molecule has 0 aliphatic heterocycles. The lowest BCUT2D eigenvalue weighted by Gasteiger charge is -2.12. The molecule has 2 atom stereocenters. The monoisotopic (exact) mass is 273 g/mol. The van der Waals surface area contributed by atoms with Crippen molar-refractivity contribution in [2.45, 2.75) is 38.5 Å². The van der Waals surface area contributed by atoms with Gasteiger partial charge in [-0.25, -0.2) is 0 Å². The molecule has 1 fully saturated rings. The molecule has 0 spiro atoms. The van der Waals surface area contributed by atoms with Gasteiger partial charge in [-0.15, -0.1) is 0 Å². The summed E-state index contributed by atoms with van der Waals surface area (Å²) < 4.78 is 0. The lowest BCUT2D eigenvalue weighted by molar-refractivity contribution is -0.141. The summed E-state index contributed by atoms with van der Waals surface area (Å²) in [5.74, 6) is -1.33. The van der Waals surface area contributed by atoms with Crippen molar-refractivity contribution < 1.29 is 14.7 Å². The number of carbonyl (C=O) groups excluding carboxylic acids is 1. The SMILES string of the molecule is O=C(O)[C@H]1CC[C@@H](C(=O)Nc2ccc3c(c2)CCC3)C1. The van der Waals surface area contributed by atoms with Crippen LogP contribution in [0.15, 0.2) is 18.2 Å². The zero-order chi connectivity index (χ0) is 14.1. The van der Waals surface area contributed by atoms with Gasteiger partial charge in [0, 0.05) is 11.6 Å². The topological polar surface area (TPSA) is 66.4 Å². The highest BCUT2D eigenvalue weighted by molar-refractivity contribution is 5.93. The number of carboxylic acids is 1. The van der Waals surface area contributed by atoms with E-state index in [1.165, 1.54) is 17.5 Å². The minimum absolute atomic E-state index is 0.0355. The van der Waals surface area contributed by atoms with Gasteiger partial charge in [0.25, 0.3) is 0 Å². The molecule has 20 heavy (non-hydrogen) atoms. The maximum atomic E-state index is 12.2. The molecule has 2 N–H and O–H groups in total. The second kappa shape index (κ2) is 5.27. The first kappa shape index (κ1) is 13.2. The van der Waals surface area contributed by atoms with E-state index in [-0.39, 0.29) is 17.7 Å². The first-order valence-corrected chi connectivity index (χ1v) is 7.29. The van der Waals surface area contributed by atoms with Crippen LogP contribution < -0.4 is 5.32 Å². The van der Waals surface area contributed by atoms with Crippen LogP contribution in [0.3, 0.4) is 0 Å². The van der Waals surface area contributed by atoms with E-state index >= 15 is 0 Å². The van der Waals surface area contributed by atoms with Gasteiger partial charge in [0.1, 0.15) is 0 Å². The Morgan fingerprint density at radius 2 is 1.85 bits per heavy atom. The third-order valence-corrected chi connectivity index (χ3v) is 4.52. The molecule has 1 aromatic rings. The first-order chi connectivity index (χ1) is 9.63. The molecule has 4 nitrogen and oxygen atoms in total. The summed E-state index contributed by atoms with van der Waals surface area (Å²) in [4.78, 5) is 23.1. The van der Waals surface area contributed by atoms with Crippen molar-refractivity contribution in [1.29, 1.82) is 0 Å². The third kappa shape index (κ3) is 2.55. The van der Waals surface area contributed by atoms with Gasteiger partial charge in [0.2, 0.25) is 5.91 Å². The number of hydrogen-bond acceptors (Lipinski definition) is 2. The summed E-state index contributed by atoms with van der Waals surface area (Å²) in [6, 6.07) is 6.10. The van der Waals surface area contributed by atoms with E-state index in [0.29, 0.717) is 19.3 Å². The summed E-state index contributed by atoms with van der Waals surface area (Å²) in [6.07, 6.45) is 5.16. The van der Waals surface area contributed by atoms with Crippen LogP contribution >= 0.6 is 0 Å². The van der Waals surface area contributed by atoms with Gasteiger partial charge in [-0.05, 0) is 61.8 Å². The predicted octanol–water partition coefficient (Wildman–Crippen LogP) is 2.61. The Hall–Kier alpha value is -1.84. The molecular weight excluding hydrogens is 254 g/mol. The van der Waals surface area contributed by atoms with Crippen LogP contribution in [0.1, 0.15) is 36.8 Å². The number of benzene rings is 1. The number of carbonyl (C=O) groups is 2. The van der Waals surface area contributed by atoms with E-state index in [1.807, 2.05) is 6.07 Å². The molecule has 0 radical (unpaired) electrons. The van der Waals surface area contributed by atoms with Crippen molar-refractivity contribution in [2.24, 2.45) is 11.8 Å². The molecule has 4 heteroatoms. The zero-order valence-corrected chi connectivity index (χ0v) is 11.4. The number of hydrogen-bond donors (Lipinski definition) is 2. The molecule has 0 saturated heterocycles. The number of aliphatic carboxylic acids is 1. The number of amides is 1. The fraction of sp³-hybridized carbons (Fsp3) is 0.500. The number of anilines is 1. The van der Waals surface area contributed by atoms with Crippen molar-refractivity contribution in [3.05, 3.63) is 29.3 Å². The van der Waals surface area contributed by atoms with Crippen LogP contribution in [0.4, 0.5) is 5.69 Å². The fourth-order valence-corrected chi connectivity index (χ4v) is 3.34. The van der Waals surface area contributed by atoms with Crippen LogP contribution in [0.2, 0.25) is 0 Å². The predicted molar refractivity (Wildman–Crippen MR) is 75.6 cm³/mol. The highest BCUT2D eigenvalue weighted by Crippen LogP contribution is 2.32. The zero-order valence-electron chi connectivity index (χ0n) is 11.4. The van der Waals surface area contributed by atoms with Crippen molar-refractivity contribution in [1.82, 2.24) is 0 Å². The van der Waals surface area contributed by atoms with Gasteiger partial charge < -0.3 is 10.4 Å². The quantitative estimate of drug-likeness (QED) is 0.889. The van der Waals surface area contributed by atoms with E-state index < -0.39 is 5.97 Å². The van der Waals surface area contributed by atoms with Gasteiger partial charge >= 0.3 is 5.97 Å².